The molecule has 7 nitrogen and oxygen atoms in total. The van der Waals surface area contributed by atoms with Crippen LogP contribution < -0.4 is 5.32 Å². The van der Waals surface area contributed by atoms with Gasteiger partial charge in [0.25, 0.3) is 5.91 Å². The molecule has 2 rings (SSSR count). The van der Waals surface area contributed by atoms with Crippen LogP contribution in [0, 0.1) is 5.92 Å². The predicted molar refractivity (Wildman–Crippen MR) is 105 cm³/mol. The molecule has 1 aliphatic heterocycles. The van der Waals surface area contributed by atoms with Crippen molar-refractivity contribution in [3.8, 4) is 0 Å². The third-order valence-electron chi connectivity index (χ3n) is 4.89. The van der Waals surface area contributed by atoms with Crippen molar-refractivity contribution in [1.29, 1.82) is 0 Å². The second kappa shape index (κ2) is 8.73. The number of hydrogen-bond donors (Lipinski definition) is 2. The number of morpholine rings is 1. The Morgan fingerprint density at radius 1 is 1.18 bits per heavy atom. The van der Waals surface area contributed by atoms with E-state index in [1.807, 2.05) is 26.0 Å². The molecule has 0 aliphatic carbocycles. The van der Waals surface area contributed by atoms with Crippen molar-refractivity contribution < 1.29 is 24.2 Å². The first kappa shape index (κ1) is 21.9. The number of hydrogen-bond acceptors (Lipinski definition) is 4. The highest BCUT2D eigenvalue weighted by molar-refractivity contribution is 5.97. The molecule has 2 amide bonds. The number of carboxylic acids is 1. The van der Waals surface area contributed by atoms with Gasteiger partial charge in [0.2, 0.25) is 5.91 Å². The summed E-state index contributed by atoms with van der Waals surface area (Å²) < 4.78 is 5.17. The Balaban J connectivity index is 2.10. The van der Waals surface area contributed by atoms with Crippen molar-refractivity contribution in [3.05, 3.63) is 35.4 Å². The molecule has 154 valence electrons. The molecule has 2 unspecified atom stereocenters. The third kappa shape index (κ3) is 5.32. The average molecular weight is 390 g/mol. The zero-order valence-corrected chi connectivity index (χ0v) is 17.2. The topological polar surface area (TPSA) is 95.9 Å². The second-order valence-corrected chi connectivity index (χ2v) is 8.50. The van der Waals surface area contributed by atoms with Crippen molar-refractivity contribution in [2.24, 2.45) is 5.92 Å². The molecule has 2 N–H and O–H groups in total. The molecule has 0 radical (unpaired) electrons. The van der Waals surface area contributed by atoms with Gasteiger partial charge in [-0.25, -0.2) is 4.79 Å². The summed E-state index contributed by atoms with van der Waals surface area (Å²) in [7, 11) is 0. The molecule has 0 aromatic heterocycles. The van der Waals surface area contributed by atoms with E-state index < -0.39 is 18.1 Å². The van der Waals surface area contributed by atoms with Crippen molar-refractivity contribution in [1.82, 2.24) is 10.2 Å². The van der Waals surface area contributed by atoms with Crippen LogP contribution >= 0.6 is 0 Å². The van der Waals surface area contributed by atoms with Crippen LogP contribution in [0.15, 0.2) is 24.3 Å². The van der Waals surface area contributed by atoms with E-state index in [9.17, 15) is 14.4 Å². The normalized spacial score (nSPS) is 18.6. The smallest absolute Gasteiger partial charge is 0.334 e. The summed E-state index contributed by atoms with van der Waals surface area (Å²) in [5, 5.41) is 11.9. The molecule has 1 aromatic carbocycles. The highest BCUT2D eigenvalue weighted by atomic mass is 16.5. The molecule has 0 spiro atoms. The van der Waals surface area contributed by atoms with Crippen molar-refractivity contribution in [2.45, 2.75) is 52.2 Å². The highest BCUT2D eigenvalue weighted by Crippen LogP contribution is 2.22. The second-order valence-electron chi connectivity index (χ2n) is 8.50. The number of amides is 2. The van der Waals surface area contributed by atoms with E-state index in [4.69, 9.17) is 9.84 Å². The number of carbonyl (C=O) groups excluding carboxylic acids is 2. The first-order valence-electron chi connectivity index (χ1n) is 9.55. The summed E-state index contributed by atoms with van der Waals surface area (Å²) in [6, 6.07) is 6.61. The Morgan fingerprint density at radius 3 is 2.29 bits per heavy atom. The molecule has 0 saturated carbocycles. The Hall–Kier alpha value is -2.41. The minimum absolute atomic E-state index is 0.0115. The van der Waals surface area contributed by atoms with Gasteiger partial charge in [0.1, 0.15) is 6.04 Å². The average Bonchev–Trinajstić information content (AvgIpc) is 2.64. The monoisotopic (exact) mass is 390 g/mol. The lowest BCUT2D eigenvalue weighted by Gasteiger charge is -2.34. The quantitative estimate of drug-likeness (QED) is 0.802. The van der Waals surface area contributed by atoms with Crippen molar-refractivity contribution in [3.63, 3.8) is 0 Å². The molecule has 28 heavy (non-hydrogen) atoms. The summed E-state index contributed by atoms with van der Waals surface area (Å²) in [6.07, 6.45) is -1.04. The van der Waals surface area contributed by atoms with Crippen LogP contribution in [0.2, 0.25) is 0 Å². The highest BCUT2D eigenvalue weighted by Gasteiger charge is 2.34. The van der Waals surface area contributed by atoms with Gasteiger partial charge in [0.05, 0.1) is 13.2 Å². The summed E-state index contributed by atoms with van der Waals surface area (Å²) in [5.74, 6) is -1.85. The lowest BCUT2D eigenvalue weighted by molar-refractivity contribution is -0.160. The fourth-order valence-corrected chi connectivity index (χ4v) is 3.06. The Kier molecular flexibility index (Phi) is 6.82. The maximum Gasteiger partial charge on any atom is 0.334 e. The van der Waals surface area contributed by atoms with E-state index in [1.165, 1.54) is 4.90 Å². The third-order valence-corrected chi connectivity index (χ3v) is 4.89. The maximum absolute atomic E-state index is 12.9. The van der Waals surface area contributed by atoms with Gasteiger partial charge in [-0.05, 0) is 29.0 Å². The SMILES string of the molecule is CC(C)C(NC(=O)c1ccc(C(C)(C)C)cc1)C(=O)N1CCOC(C(=O)O)C1. The number of carbonyl (C=O) groups is 3. The summed E-state index contributed by atoms with van der Waals surface area (Å²) in [6.45, 7) is 10.4. The first-order chi connectivity index (χ1) is 13.0. The maximum atomic E-state index is 12.9. The van der Waals surface area contributed by atoms with Gasteiger partial charge >= 0.3 is 5.97 Å². The fraction of sp³-hybridized carbons (Fsp3) is 0.571. The minimum Gasteiger partial charge on any atom is -0.479 e. The molecule has 7 heteroatoms. The van der Waals surface area contributed by atoms with Crippen LogP contribution in [-0.2, 0) is 19.7 Å². The summed E-state index contributed by atoms with van der Waals surface area (Å²) in [4.78, 5) is 38.2. The molecule has 1 aliphatic rings. The number of carboxylic acid groups (broad SMARTS) is 1. The lowest BCUT2D eigenvalue weighted by atomic mass is 9.86. The molecular formula is C21H30N2O5. The molecule has 0 bridgehead atoms. The fourth-order valence-electron chi connectivity index (χ4n) is 3.06. The predicted octanol–water partition coefficient (Wildman–Crippen LogP) is 2.05. The van der Waals surface area contributed by atoms with Gasteiger partial charge in [-0.15, -0.1) is 0 Å². The summed E-state index contributed by atoms with van der Waals surface area (Å²) in [5.41, 5.74) is 1.59. The van der Waals surface area contributed by atoms with E-state index in [1.54, 1.807) is 12.1 Å². The van der Waals surface area contributed by atoms with E-state index in [0.717, 1.165) is 5.56 Å². The van der Waals surface area contributed by atoms with Gasteiger partial charge in [-0.1, -0.05) is 46.8 Å². The minimum atomic E-state index is -1.10. The Labute approximate surface area is 166 Å². The van der Waals surface area contributed by atoms with Gasteiger partial charge in [0.15, 0.2) is 6.10 Å². The molecule has 1 saturated heterocycles. The zero-order valence-electron chi connectivity index (χ0n) is 17.2. The number of rotatable bonds is 5. The number of nitrogens with one attached hydrogen (secondary N) is 1. The first-order valence-corrected chi connectivity index (χ1v) is 9.55. The summed E-state index contributed by atoms with van der Waals surface area (Å²) >= 11 is 0. The van der Waals surface area contributed by atoms with Crippen LogP contribution in [0.5, 0.6) is 0 Å². The van der Waals surface area contributed by atoms with Gasteiger partial charge in [0, 0.05) is 12.1 Å². The van der Waals surface area contributed by atoms with Gasteiger partial charge < -0.3 is 20.1 Å². The van der Waals surface area contributed by atoms with Gasteiger partial charge in [-0.2, -0.15) is 0 Å². The van der Waals surface area contributed by atoms with Gasteiger partial charge in [-0.3, -0.25) is 9.59 Å². The lowest BCUT2D eigenvalue weighted by Crippen LogP contribution is -2.56. The van der Waals surface area contributed by atoms with Crippen LogP contribution in [0.1, 0.15) is 50.5 Å². The standard InChI is InChI=1S/C21H30N2O5/c1-13(2)17(19(25)23-10-11-28-16(12-23)20(26)27)22-18(24)14-6-8-15(9-7-14)21(3,4)5/h6-9,13,16-17H,10-12H2,1-5H3,(H,22,24)(H,26,27). The van der Waals surface area contributed by atoms with E-state index in [2.05, 4.69) is 26.1 Å². The van der Waals surface area contributed by atoms with Crippen LogP contribution in [0.3, 0.4) is 0 Å². The largest absolute Gasteiger partial charge is 0.479 e. The Morgan fingerprint density at radius 2 is 1.79 bits per heavy atom. The van der Waals surface area contributed by atoms with Crippen LogP contribution in [0.4, 0.5) is 0 Å². The van der Waals surface area contributed by atoms with Crippen molar-refractivity contribution >= 4 is 17.8 Å². The molecule has 1 fully saturated rings. The van der Waals surface area contributed by atoms with Crippen LogP contribution in [0.25, 0.3) is 0 Å². The number of nitrogens with zero attached hydrogens (tertiary/aromatic N) is 1. The van der Waals surface area contributed by atoms with Crippen molar-refractivity contribution in [2.75, 3.05) is 19.7 Å². The number of ether oxygens (including phenoxy) is 1. The number of benzene rings is 1. The number of aliphatic carboxylic acids is 1. The van der Waals surface area contributed by atoms with Crippen LogP contribution in [-0.4, -0.2) is 59.6 Å². The Bertz CT molecular complexity index is 721. The molecule has 1 heterocycles. The zero-order chi connectivity index (χ0) is 21.1. The molecule has 2 atom stereocenters. The van der Waals surface area contributed by atoms with E-state index in [-0.39, 0.29) is 36.3 Å². The van der Waals surface area contributed by atoms with E-state index >= 15 is 0 Å². The van der Waals surface area contributed by atoms with E-state index in [0.29, 0.717) is 12.1 Å². The molecule has 1 aromatic rings. The molecular weight excluding hydrogens is 360 g/mol.